The Kier molecular flexibility index (Phi) is 6.46. The molecule has 0 saturated heterocycles. The van der Waals surface area contributed by atoms with Gasteiger partial charge in [-0.05, 0) is 37.1 Å². The Hall–Kier alpha value is -0.930. The summed E-state index contributed by atoms with van der Waals surface area (Å²) in [5, 5.41) is 0.766. The van der Waals surface area contributed by atoms with Crippen LogP contribution in [-0.2, 0) is 4.79 Å². The molecule has 1 rings (SSSR count). The zero-order valence-corrected chi connectivity index (χ0v) is 13.0. The van der Waals surface area contributed by atoms with Gasteiger partial charge in [-0.25, -0.2) is 0 Å². The number of amides is 1. The molecular formula is C14H19Cl2NO2. The maximum Gasteiger partial charge on any atom is 0.223 e. The lowest BCUT2D eigenvalue weighted by Crippen LogP contribution is -2.30. The Morgan fingerprint density at radius 3 is 2.42 bits per heavy atom. The quantitative estimate of drug-likeness (QED) is 0.754. The van der Waals surface area contributed by atoms with Gasteiger partial charge in [-0.1, -0.05) is 11.6 Å². The van der Waals surface area contributed by atoms with Crippen molar-refractivity contribution in [3.05, 3.63) is 28.3 Å². The predicted molar refractivity (Wildman–Crippen MR) is 79.4 cm³/mol. The average molecular weight is 304 g/mol. The van der Waals surface area contributed by atoms with Crippen molar-refractivity contribution < 1.29 is 9.53 Å². The van der Waals surface area contributed by atoms with Crippen LogP contribution in [0.3, 0.4) is 0 Å². The third kappa shape index (κ3) is 4.92. The molecule has 106 valence electrons. The van der Waals surface area contributed by atoms with Gasteiger partial charge in [-0.3, -0.25) is 4.79 Å². The second-order valence-corrected chi connectivity index (χ2v) is 5.23. The molecule has 0 saturated carbocycles. The summed E-state index contributed by atoms with van der Waals surface area (Å²) in [6.07, 6.45) is 0.358. The van der Waals surface area contributed by atoms with Crippen molar-refractivity contribution in [1.29, 1.82) is 0 Å². The fourth-order valence-corrected chi connectivity index (χ4v) is 1.96. The lowest BCUT2D eigenvalue weighted by atomic mass is 10.1. The number of alkyl halides is 1. The van der Waals surface area contributed by atoms with Crippen LogP contribution in [0.4, 0.5) is 0 Å². The summed E-state index contributed by atoms with van der Waals surface area (Å²) in [7, 11) is 1.75. The number of likely N-dealkylation sites (N-methyl/N-ethyl adjacent to an activating group) is 1. The Labute approximate surface area is 124 Å². The SMILES string of the molecule is Cc1cc(OCCN(C)C(=O)CCCl)cc(C)c1Cl. The maximum atomic E-state index is 11.5. The first kappa shape index (κ1) is 16.1. The number of ether oxygens (including phenoxy) is 1. The first-order chi connectivity index (χ1) is 8.95. The van der Waals surface area contributed by atoms with Gasteiger partial charge in [0.1, 0.15) is 12.4 Å². The molecular weight excluding hydrogens is 285 g/mol. The summed E-state index contributed by atoms with van der Waals surface area (Å²) in [5.41, 5.74) is 1.98. The van der Waals surface area contributed by atoms with Crippen LogP contribution in [0.15, 0.2) is 12.1 Å². The van der Waals surface area contributed by atoms with E-state index in [1.54, 1.807) is 11.9 Å². The highest BCUT2D eigenvalue weighted by molar-refractivity contribution is 6.32. The number of aryl methyl sites for hydroxylation is 2. The van der Waals surface area contributed by atoms with Gasteiger partial charge in [-0.15, -0.1) is 11.6 Å². The molecule has 0 fully saturated rings. The van der Waals surface area contributed by atoms with Gasteiger partial charge in [0.05, 0.1) is 6.54 Å². The van der Waals surface area contributed by atoms with Crippen LogP contribution in [0.2, 0.25) is 5.02 Å². The number of halogens is 2. The molecule has 0 radical (unpaired) electrons. The van der Waals surface area contributed by atoms with Gasteiger partial charge in [0.2, 0.25) is 5.91 Å². The Morgan fingerprint density at radius 1 is 1.32 bits per heavy atom. The highest BCUT2D eigenvalue weighted by Gasteiger charge is 2.08. The molecule has 5 heteroatoms. The van der Waals surface area contributed by atoms with Crippen molar-refractivity contribution in [2.24, 2.45) is 0 Å². The van der Waals surface area contributed by atoms with E-state index in [2.05, 4.69) is 0 Å². The van der Waals surface area contributed by atoms with Crippen LogP contribution in [0, 0.1) is 13.8 Å². The van der Waals surface area contributed by atoms with E-state index in [1.165, 1.54) is 0 Å². The summed E-state index contributed by atoms with van der Waals surface area (Å²) in [6.45, 7) is 4.87. The monoisotopic (exact) mass is 303 g/mol. The van der Waals surface area contributed by atoms with E-state index >= 15 is 0 Å². The summed E-state index contributed by atoms with van der Waals surface area (Å²) >= 11 is 11.6. The summed E-state index contributed by atoms with van der Waals surface area (Å²) in [6, 6.07) is 3.80. The minimum absolute atomic E-state index is 0.0297. The number of hydrogen-bond donors (Lipinski definition) is 0. The lowest BCUT2D eigenvalue weighted by Gasteiger charge is -2.17. The van der Waals surface area contributed by atoms with E-state index in [4.69, 9.17) is 27.9 Å². The third-order valence-corrected chi connectivity index (χ3v) is 3.62. The zero-order chi connectivity index (χ0) is 14.4. The molecule has 0 aliphatic rings. The second kappa shape index (κ2) is 7.61. The largest absolute Gasteiger partial charge is 0.492 e. The number of benzene rings is 1. The highest BCUT2D eigenvalue weighted by atomic mass is 35.5. The van der Waals surface area contributed by atoms with Gasteiger partial charge < -0.3 is 9.64 Å². The standard InChI is InChI=1S/C14H19Cl2NO2/c1-10-8-12(9-11(2)14(10)16)19-7-6-17(3)13(18)4-5-15/h8-9H,4-7H2,1-3H3. The maximum absolute atomic E-state index is 11.5. The predicted octanol–water partition coefficient (Wildman–Crippen LogP) is 3.42. The second-order valence-electron chi connectivity index (χ2n) is 4.47. The van der Waals surface area contributed by atoms with Crippen molar-refractivity contribution in [1.82, 2.24) is 4.90 Å². The minimum Gasteiger partial charge on any atom is -0.492 e. The van der Waals surface area contributed by atoms with Gasteiger partial charge in [-0.2, -0.15) is 0 Å². The molecule has 0 aliphatic heterocycles. The van der Waals surface area contributed by atoms with Crippen LogP contribution in [0.5, 0.6) is 5.75 Å². The average Bonchev–Trinajstić information content (AvgIpc) is 2.36. The number of carbonyl (C=O) groups is 1. The summed E-state index contributed by atoms with van der Waals surface area (Å²) in [4.78, 5) is 13.1. The molecule has 1 amide bonds. The van der Waals surface area contributed by atoms with Crippen molar-refractivity contribution in [3.8, 4) is 5.75 Å². The summed E-state index contributed by atoms with van der Waals surface area (Å²) in [5.74, 6) is 1.15. The van der Waals surface area contributed by atoms with Crippen molar-refractivity contribution in [3.63, 3.8) is 0 Å². The fraction of sp³-hybridized carbons (Fsp3) is 0.500. The molecule has 0 spiro atoms. The molecule has 0 aromatic heterocycles. The van der Waals surface area contributed by atoms with Gasteiger partial charge in [0.25, 0.3) is 0 Å². The minimum atomic E-state index is 0.0297. The number of rotatable bonds is 6. The molecule has 1 aromatic carbocycles. The summed E-state index contributed by atoms with van der Waals surface area (Å²) < 4.78 is 5.64. The van der Waals surface area contributed by atoms with Crippen LogP contribution < -0.4 is 4.74 Å². The Morgan fingerprint density at radius 2 is 1.89 bits per heavy atom. The lowest BCUT2D eigenvalue weighted by molar-refractivity contribution is -0.129. The normalized spacial score (nSPS) is 10.4. The topological polar surface area (TPSA) is 29.5 Å². The van der Waals surface area contributed by atoms with E-state index < -0.39 is 0 Å². The molecule has 0 unspecified atom stereocenters. The van der Waals surface area contributed by atoms with Crippen molar-refractivity contribution in [2.45, 2.75) is 20.3 Å². The van der Waals surface area contributed by atoms with E-state index in [1.807, 2.05) is 26.0 Å². The molecule has 3 nitrogen and oxygen atoms in total. The first-order valence-corrected chi connectivity index (χ1v) is 7.06. The molecule has 0 heterocycles. The van der Waals surface area contributed by atoms with Gasteiger partial charge >= 0.3 is 0 Å². The fourth-order valence-electron chi connectivity index (χ4n) is 1.69. The molecule has 0 bridgehead atoms. The van der Waals surface area contributed by atoms with Crippen LogP contribution in [0.25, 0.3) is 0 Å². The number of nitrogens with zero attached hydrogens (tertiary/aromatic N) is 1. The van der Waals surface area contributed by atoms with Crippen LogP contribution in [-0.4, -0.2) is 36.9 Å². The van der Waals surface area contributed by atoms with E-state index in [0.29, 0.717) is 25.5 Å². The molecule has 19 heavy (non-hydrogen) atoms. The van der Waals surface area contributed by atoms with Gasteiger partial charge in [0.15, 0.2) is 0 Å². The van der Waals surface area contributed by atoms with E-state index in [-0.39, 0.29) is 5.91 Å². The smallest absolute Gasteiger partial charge is 0.223 e. The van der Waals surface area contributed by atoms with Crippen LogP contribution >= 0.6 is 23.2 Å². The van der Waals surface area contributed by atoms with Crippen molar-refractivity contribution >= 4 is 29.1 Å². The molecule has 0 atom stereocenters. The third-order valence-electron chi connectivity index (χ3n) is 2.84. The van der Waals surface area contributed by atoms with E-state index in [9.17, 15) is 4.79 Å². The Balaban J connectivity index is 2.47. The first-order valence-electron chi connectivity index (χ1n) is 6.15. The van der Waals surface area contributed by atoms with Gasteiger partial charge in [0, 0.05) is 24.4 Å². The molecule has 0 N–H and O–H groups in total. The van der Waals surface area contributed by atoms with Crippen molar-refractivity contribution in [2.75, 3.05) is 26.1 Å². The molecule has 0 aliphatic carbocycles. The number of hydrogen-bond acceptors (Lipinski definition) is 2. The molecule has 1 aromatic rings. The van der Waals surface area contributed by atoms with Crippen LogP contribution in [0.1, 0.15) is 17.5 Å². The van der Waals surface area contributed by atoms with E-state index in [0.717, 1.165) is 21.9 Å². The number of carbonyl (C=O) groups excluding carboxylic acids is 1. The highest BCUT2D eigenvalue weighted by Crippen LogP contribution is 2.25. The Bertz CT molecular complexity index is 426. The zero-order valence-electron chi connectivity index (χ0n) is 11.5.